The van der Waals surface area contributed by atoms with Crippen LogP contribution in [-0.2, 0) is 19.6 Å². The molecule has 1 aliphatic heterocycles. The van der Waals surface area contributed by atoms with Crippen LogP contribution < -0.4 is 10.6 Å². The van der Waals surface area contributed by atoms with Crippen LogP contribution in [-0.4, -0.2) is 36.0 Å². The van der Waals surface area contributed by atoms with Gasteiger partial charge in [-0.05, 0) is 56.8 Å². The first kappa shape index (κ1) is 20.8. The fraction of sp³-hybridized carbons (Fsp3) is 0.545. The van der Waals surface area contributed by atoms with Crippen molar-refractivity contribution in [2.24, 2.45) is 10.9 Å². The van der Waals surface area contributed by atoms with Gasteiger partial charge >= 0.3 is 0 Å². The van der Waals surface area contributed by atoms with Crippen molar-refractivity contribution >= 4 is 17.3 Å². The van der Waals surface area contributed by atoms with Gasteiger partial charge in [-0.2, -0.15) is 0 Å². The molecule has 152 valence electrons. The molecule has 0 amide bonds. The van der Waals surface area contributed by atoms with Crippen molar-refractivity contribution in [3.05, 3.63) is 51.0 Å². The van der Waals surface area contributed by atoms with Crippen LogP contribution in [0.5, 0.6) is 0 Å². The van der Waals surface area contributed by atoms with E-state index in [1.807, 2.05) is 7.05 Å². The molecule has 2 heterocycles. The van der Waals surface area contributed by atoms with Gasteiger partial charge in [0.1, 0.15) is 5.01 Å². The summed E-state index contributed by atoms with van der Waals surface area (Å²) in [4.78, 5) is 12.8. The molecular formula is C22H33N5S. The van der Waals surface area contributed by atoms with Crippen LogP contribution in [0.2, 0.25) is 0 Å². The number of benzene rings is 1. The minimum absolute atomic E-state index is 0.701. The summed E-state index contributed by atoms with van der Waals surface area (Å²) in [5.74, 6) is 1.68. The number of nitrogens with zero attached hydrogens (tertiary/aromatic N) is 3. The molecule has 28 heavy (non-hydrogen) atoms. The van der Waals surface area contributed by atoms with Gasteiger partial charge in [-0.1, -0.05) is 31.2 Å². The van der Waals surface area contributed by atoms with Crippen LogP contribution in [0.4, 0.5) is 0 Å². The fourth-order valence-corrected chi connectivity index (χ4v) is 4.39. The lowest BCUT2D eigenvalue weighted by atomic mass is 9.98. The topological polar surface area (TPSA) is 52.6 Å². The third-order valence-electron chi connectivity index (χ3n) is 5.54. The second-order valence-electron chi connectivity index (χ2n) is 7.76. The molecule has 0 unspecified atom stereocenters. The Kier molecular flexibility index (Phi) is 7.45. The van der Waals surface area contributed by atoms with Crippen molar-refractivity contribution in [3.63, 3.8) is 0 Å². The zero-order valence-corrected chi connectivity index (χ0v) is 18.4. The van der Waals surface area contributed by atoms with E-state index >= 15 is 0 Å². The van der Waals surface area contributed by atoms with Gasteiger partial charge in [0, 0.05) is 25.0 Å². The molecule has 0 radical (unpaired) electrons. The number of piperidine rings is 1. The Bertz CT molecular complexity index is 770. The largest absolute Gasteiger partial charge is 0.352 e. The normalized spacial score (nSPS) is 16.4. The number of aliphatic imine (C=N–C) groups is 1. The molecule has 5 nitrogen and oxygen atoms in total. The summed E-state index contributed by atoms with van der Waals surface area (Å²) in [6.45, 7) is 11.5. The van der Waals surface area contributed by atoms with Crippen LogP contribution in [0.3, 0.4) is 0 Å². The summed E-state index contributed by atoms with van der Waals surface area (Å²) in [5, 5.41) is 7.93. The van der Waals surface area contributed by atoms with E-state index in [4.69, 9.17) is 0 Å². The molecule has 0 bridgehead atoms. The molecule has 3 rings (SSSR count). The molecule has 2 aromatic rings. The van der Waals surface area contributed by atoms with Gasteiger partial charge in [-0.15, -0.1) is 11.3 Å². The van der Waals surface area contributed by atoms with Crippen molar-refractivity contribution in [1.29, 1.82) is 0 Å². The van der Waals surface area contributed by atoms with Crippen molar-refractivity contribution in [1.82, 2.24) is 20.5 Å². The van der Waals surface area contributed by atoms with Crippen LogP contribution in [0.1, 0.15) is 46.5 Å². The third kappa shape index (κ3) is 5.79. The summed E-state index contributed by atoms with van der Waals surface area (Å²) in [6.07, 6.45) is 2.62. The Balaban J connectivity index is 1.54. The lowest BCUT2D eigenvalue weighted by Gasteiger charge is -2.30. The molecule has 0 saturated carbocycles. The number of hydrogen-bond acceptors (Lipinski definition) is 4. The van der Waals surface area contributed by atoms with Crippen molar-refractivity contribution < 1.29 is 0 Å². The van der Waals surface area contributed by atoms with Gasteiger partial charge in [0.15, 0.2) is 5.96 Å². The average Bonchev–Trinajstić information content (AvgIpc) is 3.02. The fourth-order valence-electron chi connectivity index (χ4n) is 3.52. The smallest absolute Gasteiger partial charge is 0.191 e. The van der Waals surface area contributed by atoms with Gasteiger partial charge < -0.3 is 10.6 Å². The zero-order valence-electron chi connectivity index (χ0n) is 17.6. The monoisotopic (exact) mass is 399 g/mol. The van der Waals surface area contributed by atoms with Crippen LogP contribution in [0.25, 0.3) is 0 Å². The van der Waals surface area contributed by atoms with Gasteiger partial charge in [0.2, 0.25) is 0 Å². The second-order valence-corrected chi connectivity index (χ2v) is 9.04. The Labute approximate surface area is 173 Å². The number of aryl methyl sites for hydroxylation is 2. The highest BCUT2D eigenvalue weighted by Crippen LogP contribution is 2.20. The second kappa shape index (κ2) is 10.0. The molecular weight excluding hydrogens is 366 g/mol. The Morgan fingerprint density at radius 1 is 1.14 bits per heavy atom. The van der Waals surface area contributed by atoms with Gasteiger partial charge in [-0.25, -0.2) is 4.98 Å². The lowest BCUT2D eigenvalue weighted by molar-refractivity contribution is 0.185. The average molecular weight is 400 g/mol. The molecule has 1 fully saturated rings. The molecule has 1 aromatic heterocycles. The number of guanidine groups is 1. The molecule has 6 heteroatoms. The number of hydrogen-bond donors (Lipinski definition) is 2. The highest BCUT2D eigenvalue weighted by Gasteiger charge is 2.16. The van der Waals surface area contributed by atoms with Crippen molar-refractivity contribution in [2.75, 3.05) is 20.1 Å². The number of rotatable bonds is 6. The summed E-state index contributed by atoms with van der Waals surface area (Å²) >= 11 is 1.74. The van der Waals surface area contributed by atoms with E-state index in [2.05, 4.69) is 70.5 Å². The predicted octanol–water partition coefficient (Wildman–Crippen LogP) is 3.86. The maximum atomic E-state index is 4.59. The summed E-state index contributed by atoms with van der Waals surface area (Å²) in [6, 6.07) is 8.74. The van der Waals surface area contributed by atoms with E-state index in [1.54, 1.807) is 11.3 Å². The molecule has 0 aliphatic carbocycles. The third-order valence-corrected chi connectivity index (χ3v) is 6.61. The number of nitrogens with one attached hydrogen (secondary N) is 2. The standard InChI is InChI=1S/C22H33N5S/c1-16-9-11-27(12-10-16)15-20-8-6-5-7-19(20)13-24-22(23-4)25-14-21-26-17(2)18(3)28-21/h5-8,16H,9-15H2,1-4H3,(H2,23,24,25). The molecule has 1 aliphatic rings. The van der Waals surface area contributed by atoms with Crippen LogP contribution in [0.15, 0.2) is 29.3 Å². The summed E-state index contributed by atoms with van der Waals surface area (Å²) in [7, 11) is 1.81. The maximum absolute atomic E-state index is 4.59. The van der Waals surface area contributed by atoms with E-state index in [9.17, 15) is 0 Å². The van der Waals surface area contributed by atoms with E-state index in [-0.39, 0.29) is 0 Å². The van der Waals surface area contributed by atoms with Gasteiger partial charge in [-0.3, -0.25) is 9.89 Å². The Morgan fingerprint density at radius 3 is 2.46 bits per heavy atom. The van der Waals surface area contributed by atoms with Gasteiger partial charge in [0.25, 0.3) is 0 Å². The molecule has 1 aromatic carbocycles. The first-order valence-corrected chi connectivity index (χ1v) is 11.0. The summed E-state index contributed by atoms with van der Waals surface area (Å²) in [5.41, 5.74) is 3.86. The number of thiazole rings is 1. The molecule has 2 N–H and O–H groups in total. The molecule has 0 spiro atoms. The van der Waals surface area contributed by atoms with E-state index in [0.29, 0.717) is 6.54 Å². The highest BCUT2D eigenvalue weighted by molar-refractivity contribution is 7.11. The predicted molar refractivity (Wildman–Crippen MR) is 119 cm³/mol. The molecule has 0 atom stereocenters. The van der Waals surface area contributed by atoms with E-state index in [1.165, 1.54) is 41.9 Å². The Hall–Kier alpha value is -1.92. The highest BCUT2D eigenvalue weighted by atomic mass is 32.1. The quantitative estimate of drug-likeness (QED) is 0.572. The van der Waals surface area contributed by atoms with Crippen molar-refractivity contribution in [2.45, 2.75) is 53.2 Å². The number of likely N-dealkylation sites (tertiary alicyclic amines) is 1. The molecule has 1 saturated heterocycles. The minimum Gasteiger partial charge on any atom is -0.352 e. The SMILES string of the molecule is CN=C(NCc1nc(C)c(C)s1)NCc1ccccc1CN1CCC(C)CC1. The Morgan fingerprint density at radius 2 is 1.82 bits per heavy atom. The summed E-state index contributed by atoms with van der Waals surface area (Å²) < 4.78 is 0. The number of aromatic nitrogens is 1. The van der Waals surface area contributed by atoms with E-state index < -0.39 is 0 Å². The minimum atomic E-state index is 0.701. The first-order valence-electron chi connectivity index (χ1n) is 10.2. The van der Waals surface area contributed by atoms with Gasteiger partial charge in [0.05, 0.1) is 12.2 Å². The maximum Gasteiger partial charge on any atom is 0.191 e. The van der Waals surface area contributed by atoms with Crippen LogP contribution in [0, 0.1) is 19.8 Å². The first-order chi connectivity index (χ1) is 13.5. The lowest BCUT2D eigenvalue weighted by Crippen LogP contribution is -2.37. The van der Waals surface area contributed by atoms with Crippen molar-refractivity contribution in [3.8, 4) is 0 Å². The zero-order chi connectivity index (χ0) is 19.9. The van der Waals surface area contributed by atoms with Crippen LogP contribution >= 0.6 is 11.3 Å². The van der Waals surface area contributed by atoms with E-state index in [0.717, 1.165) is 35.7 Å².